The van der Waals surface area contributed by atoms with Crippen molar-refractivity contribution in [2.75, 3.05) is 0 Å². The van der Waals surface area contributed by atoms with Gasteiger partial charge in [-0.1, -0.05) is 19.1 Å². The van der Waals surface area contributed by atoms with Crippen molar-refractivity contribution in [3.8, 4) is 5.75 Å². The molecule has 19 heavy (non-hydrogen) atoms. The summed E-state index contributed by atoms with van der Waals surface area (Å²) in [5.74, 6) is 0.856. The molecule has 0 spiro atoms. The van der Waals surface area contributed by atoms with Gasteiger partial charge in [-0.2, -0.15) is 0 Å². The van der Waals surface area contributed by atoms with Crippen LogP contribution in [0.3, 0.4) is 0 Å². The first-order chi connectivity index (χ1) is 9.19. The molecular formula is C15H20N2OS. The Kier molecular flexibility index (Phi) is 4.93. The second-order valence-electron chi connectivity index (χ2n) is 4.63. The molecule has 0 fully saturated rings. The largest absolute Gasteiger partial charge is 0.487 e. The first-order valence-corrected chi connectivity index (χ1v) is 7.48. The first kappa shape index (κ1) is 14.0. The first-order valence-electron chi connectivity index (χ1n) is 6.60. The number of aryl methyl sites for hydroxylation is 1. The van der Waals surface area contributed by atoms with E-state index in [1.165, 1.54) is 5.01 Å². The smallest absolute Gasteiger partial charge is 0.131 e. The van der Waals surface area contributed by atoms with Gasteiger partial charge >= 0.3 is 0 Å². The maximum atomic E-state index is 5.81. The molecule has 2 N–H and O–H groups in total. The van der Waals surface area contributed by atoms with E-state index in [0.717, 1.165) is 29.8 Å². The van der Waals surface area contributed by atoms with Gasteiger partial charge in [-0.15, -0.1) is 11.3 Å². The zero-order valence-corrected chi connectivity index (χ0v) is 12.2. The number of hydrogen-bond donors (Lipinski definition) is 1. The average molecular weight is 276 g/mol. The van der Waals surface area contributed by atoms with Crippen LogP contribution in [-0.4, -0.2) is 4.98 Å². The summed E-state index contributed by atoms with van der Waals surface area (Å²) in [5, 5.41) is 3.26. The number of benzene rings is 1. The van der Waals surface area contributed by atoms with Crippen LogP contribution in [0, 0.1) is 0 Å². The minimum Gasteiger partial charge on any atom is -0.487 e. The molecule has 0 unspecified atom stereocenters. The monoisotopic (exact) mass is 276 g/mol. The third-order valence-electron chi connectivity index (χ3n) is 2.86. The third-order valence-corrected chi connectivity index (χ3v) is 3.81. The normalized spacial score (nSPS) is 12.4. The van der Waals surface area contributed by atoms with Crippen molar-refractivity contribution in [2.24, 2.45) is 5.73 Å². The standard InChI is InChI=1S/C15H20N2OS/c1-3-4-15-17-13(10-19-15)9-18-14-7-5-12(6-8-14)11(2)16/h5-8,10-11H,3-4,9,16H2,1-2H3/t11-/m0/s1. The van der Waals surface area contributed by atoms with Gasteiger partial charge in [-0.05, 0) is 37.5 Å². The number of aromatic nitrogens is 1. The summed E-state index contributed by atoms with van der Waals surface area (Å²) in [5.41, 5.74) is 7.93. The lowest BCUT2D eigenvalue weighted by atomic mass is 10.1. The van der Waals surface area contributed by atoms with Crippen LogP contribution in [0.15, 0.2) is 29.6 Å². The minimum absolute atomic E-state index is 0.0594. The van der Waals surface area contributed by atoms with Crippen molar-refractivity contribution in [1.82, 2.24) is 4.98 Å². The van der Waals surface area contributed by atoms with Crippen molar-refractivity contribution >= 4 is 11.3 Å². The summed E-state index contributed by atoms with van der Waals surface area (Å²) in [6.45, 7) is 4.66. The zero-order chi connectivity index (χ0) is 13.7. The van der Waals surface area contributed by atoms with E-state index >= 15 is 0 Å². The molecule has 4 heteroatoms. The SMILES string of the molecule is CCCc1nc(COc2ccc([C@H](C)N)cc2)cs1. The zero-order valence-electron chi connectivity index (χ0n) is 11.4. The molecule has 1 aromatic heterocycles. The Morgan fingerprint density at radius 2 is 2.05 bits per heavy atom. The molecule has 0 radical (unpaired) electrons. The Morgan fingerprint density at radius 3 is 2.68 bits per heavy atom. The van der Waals surface area contributed by atoms with Crippen molar-refractivity contribution in [3.63, 3.8) is 0 Å². The predicted octanol–water partition coefficient (Wildman–Crippen LogP) is 3.69. The summed E-state index contributed by atoms with van der Waals surface area (Å²) < 4.78 is 5.72. The van der Waals surface area contributed by atoms with E-state index in [-0.39, 0.29) is 6.04 Å². The van der Waals surface area contributed by atoms with Crippen LogP contribution in [0.25, 0.3) is 0 Å². The lowest BCUT2D eigenvalue weighted by Crippen LogP contribution is -2.04. The van der Waals surface area contributed by atoms with Crippen LogP contribution < -0.4 is 10.5 Å². The molecule has 2 rings (SSSR count). The van der Waals surface area contributed by atoms with Gasteiger partial charge < -0.3 is 10.5 Å². The van der Waals surface area contributed by atoms with Crippen LogP contribution in [0.2, 0.25) is 0 Å². The van der Waals surface area contributed by atoms with Crippen LogP contribution in [0.5, 0.6) is 5.75 Å². The fraction of sp³-hybridized carbons (Fsp3) is 0.400. The van der Waals surface area contributed by atoms with Gasteiger partial charge in [0.25, 0.3) is 0 Å². The highest BCUT2D eigenvalue weighted by molar-refractivity contribution is 7.09. The van der Waals surface area contributed by atoms with Crippen LogP contribution >= 0.6 is 11.3 Å². The summed E-state index contributed by atoms with van der Waals surface area (Å²) in [4.78, 5) is 4.53. The molecule has 102 valence electrons. The molecule has 0 bridgehead atoms. The molecule has 1 aromatic carbocycles. The maximum absolute atomic E-state index is 5.81. The third kappa shape index (κ3) is 4.04. The topological polar surface area (TPSA) is 48.1 Å². The van der Waals surface area contributed by atoms with E-state index in [9.17, 15) is 0 Å². The molecule has 1 heterocycles. The molecule has 1 atom stereocenters. The number of ether oxygens (including phenoxy) is 1. The second kappa shape index (κ2) is 6.68. The fourth-order valence-corrected chi connectivity index (χ4v) is 2.65. The van der Waals surface area contributed by atoms with Gasteiger partial charge in [0, 0.05) is 11.4 Å². The second-order valence-corrected chi connectivity index (χ2v) is 5.57. The number of nitrogens with zero attached hydrogens (tertiary/aromatic N) is 1. The van der Waals surface area contributed by atoms with Crippen LogP contribution in [-0.2, 0) is 13.0 Å². The van der Waals surface area contributed by atoms with Gasteiger partial charge in [0.2, 0.25) is 0 Å². The maximum Gasteiger partial charge on any atom is 0.131 e. The molecular weight excluding hydrogens is 256 g/mol. The minimum atomic E-state index is 0.0594. The van der Waals surface area contributed by atoms with E-state index in [1.807, 2.05) is 31.2 Å². The lowest BCUT2D eigenvalue weighted by molar-refractivity contribution is 0.302. The molecule has 2 aromatic rings. The van der Waals surface area contributed by atoms with Crippen LogP contribution in [0.1, 0.15) is 42.6 Å². The Morgan fingerprint density at radius 1 is 1.32 bits per heavy atom. The highest BCUT2D eigenvalue weighted by Crippen LogP contribution is 2.18. The van der Waals surface area contributed by atoms with Gasteiger partial charge in [0.15, 0.2) is 0 Å². The summed E-state index contributed by atoms with van der Waals surface area (Å²) >= 11 is 1.71. The number of hydrogen-bond acceptors (Lipinski definition) is 4. The quantitative estimate of drug-likeness (QED) is 0.875. The highest BCUT2D eigenvalue weighted by atomic mass is 32.1. The van der Waals surface area contributed by atoms with Crippen molar-refractivity contribution in [2.45, 2.75) is 39.3 Å². The van der Waals surface area contributed by atoms with Crippen molar-refractivity contribution < 1.29 is 4.74 Å². The van der Waals surface area contributed by atoms with Crippen molar-refractivity contribution in [1.29, 1.82) is 0 Å². The van der Waals surface area contributed by atoms with Crippen LogP contribution in [0.4, 0.5) is 0 Å². The Bertz CT molecular complexity index is 505. The van der Waals surface area contributed by atoms with E-state index < -0.39 is 0 Å². The number of nitrogens with two attached hydrogens (primary N) is 1. The van der Waals surface area contributed by atoms with Gasteiger partial charge in [-0.25, -0.2) is 4.98 Å². The molecule has 0 saturated carbocycles. The summed E-state index contributed by atoms with van der Waals surface area (Å²) in [7, 11) is 0. The Hall–Kier alpha value is -1.39. The van der Waals surface area contributed by atoms with Gasteiger partial charge in [0.05, 0.1) is 10.7 Å². The van der Waals surface area contributed by atoms with Gasteiger partial charge in [0.1, 0.15) is 12.4 Å². The van der Waals surface area contributed by atoms with E-state index in [1.54, 1.807) is 11.3 Å². The summed E-state index contributed by atoms with van der Waals surface area (Å²) in [6.07, 6.45) is 2.18. The molecule has 3 nitrogen and oxygen atoms in total. The molecule has 0 saturated heterocycles. The van der Waals surface area contributed by atoms with Gasteiger partial charge in [-0.3, -0.25) is 0 Å². The van der Waals surface area contributed by atoms with E-state index in [4.69, 9.17) is 10.5 Å². The molecule has 0 aliphatic heterocycles. The molecule has 0 amide bonds. The fourth-order valence-electron chi connectivity index (χ4n) is 1.77. The molecule has 0 aliphatic rings. The number of thiazole rings is 1. The summed E-state index contributed by atoms with van der Waals surface area (Å²) in [6, 6.07) is 7.98. The van der Waals surface area contributed by atoms with E-state index in [0.29, 0.717) is 6.61 Å². The molecule has 0 aliphatic carbocycles. The Balaban J connectivity index is 1.90. The number of rotatable bonds is 6. The lowest BCUT2D eigenvalue weighted by Gasteiger charge is -2.08. The van der Waals surface area contributed by atoms with E-state index in [2.05, 4.69) is 17.3 Å². The average Bonchev–Trinajstić information content (AvgIpc) is 2.85. The highest BCUT2D eigenvalue weighted by Gasteiger charge is 2.03. The Labute approximate surface area is 118 Å². The van der Waals surface area contributed by atoms with Crippen molar-refractivity contribution in [3.05, 3.63) is 45.9 Å². The predicted molar refractivity (Wildman–Crippen MR) is 79.5 cm³/mol.